The first-order valence-electron chi connectivity index (χ1n) is 4.09. The maximum Gasteiger partial charge on any atom is 0.460 e. The second-order valence-electron chi connectivity index (χ2n) is 3.33. The zero-order valence-electron chi connectivity index (χ0n) is 8.77. The lowest BCUT2D eigenvalue weighted by molar-refractivity contribution is -0.419. The lowest BCUT2D eigenvalue weighted by Crippen LogP contribution is -2.68. The molecule has 0 fully saturated rings. The van der Waals surface area contributed by atoms with Crippen molar-refractivity contribution in [3.63, 3.8) is 0 Å². The Hall–Kier alpha value is -1.44. The number of halogens is 13. The molecule has 21 heavy (non-hydrogen) atoms. The summed E-state index contributed by atoms with van der Waals surface area (Å²) in [5.41, 5.74) is 0. The van der Waals surface area contributed by atoms with E-state index in [-0.39, 0.29) is 0 Å². The summed E-state index contributed by atoms with van der Waals surface area (Å²) in [7, 11) is 0. The molecule has 15 heteroatoms. The van der Waals surface area contributed by atoms with Gasteiger partial charge in [0, 0.05) is 5.34 Å². The first-order valence-corrected chi connectivity index (χ1v) is 4.09. The predicted octanol–water partition coefficient (Wildman–Crippen LogP) is 3.69. The van der Waals surface area contributed by atoms with E-state index in [0.717, 1.165) is 0 Å². The lowest BCUT2D eigenvalue weighted by atomic mass is 9.98. The van der Waals surface area contributed by atoms with E-state index < -0.39 is 41.1 Å². The maximum atomic E-state index is 12.6. The van der Waals surface area contributed by atoms with Crippen LogP contribution < -0.4 is 0 Å². The van der Waals surface area contributed by atoms with Gasteiger partial charge in [-0.15, -0.1) is 0 Å². The largest absolute Gasteiger partial charge is 0.460 e. The van der Waals surface area contributed by atoms with Crippen LogP contribution in [-0.4, -0.2) is 41.1 Å². The van der Waals surface area contributed by atoms with Crippen molar-refractivity contribution >= 4 is 5.91 Å². The van der Waals surface area contributed by atoms with E-state index in [0.29, 0.717) is 0 Å². The van der Waals surface area contributed by atoms with Crippen molar-refractivity contribution in [3.05, 3.63) is 0 Å². The summed E-state index contributed by atoms with van der Waals surface area (Å²) in [5.74, 6) is -35.0. The fourth-order valence-electron chi connectivity index (χ4n) is 0.813. The van der Waals surface area contributed by atoms with Gasteiger partial charge in [-0.05, 0) is 0 Å². The van der Waals surface area contributed by atoms with Crippen LogP contribution in [-0.2, 0) is 4.79 Å². The molecule has 126 valence electrons. The molecule has 1 amide bonds. The molecule has 0 bridgehead atoms. The van der Waals surface area contributed by atoms with Crippen molar-refractivity contribution in [2.24, 2.45) is 0 Å². The van der Waals surface area contributed by atoms with Crippen LogP contribution in [0.5, 0.6) is 0 Å². The van der Waals surface area contributed by atoms with Gasteiger partial charge in [-0.1, -0.05) is 8.96 Å². The minimum atomic E-state index is -7.90. The average Bonchev–Trinajstić information content (AvgIpc) is 2.25. The van der Waals surface area contributed by atoms with Gasteiger partial charge in [0.2, 0.25) is 0 Å². The Labute approximate surface area is 105 Å². The highest BCUT2D eigenvalue weighted by atomic mass is 19.4. The van der Waals surface area contributed by atoms with Gasteiger partial charge in [0.15, 0.2) is 0 Å². The molecule has 0 saturated carbocycles. The van der Waals surface area contributed by atoms with Gasteiger partial charge in [0.25, 0.3) is 0 Å². The normalized spacial score (nSPS) is 15.1. The fraction of sp³-hybridized carbons (Fsp3) is 0.833. The number of hydrogen-bond acceptors (Lipinski definition) is 1. The van der Waals surface area contributed by atoms with Crippen LogP contribution in [0, 0.1) is 0 Å². The van der Waals surface area contributed by atoms with Gasteiger partial charge in [0.05, 0.1) is 0 Å². The number of hydrogen-bond donors (Lipinski definition) is 0. The molecule has 2 nitrogen and oxygen atoms in total. The molecule has 0 saturated heterocycles. The first-order chi connectivity index (χ1) is 8.85. The highest BCUT2D eigenvalue weighted by Gasteiger charge is 2.89. The monoisotopic (exact) mass is 349 g/mol. The first kappa shape index (κ1) is 19.6. The van der Waals surface area contributed by atoms with Gasteiger partial charge in [-0.3, -0.25) is 4.79 Å². The summed E-state index contributed by atoms with van der Waals surface area (Å²) in [6, 6.07) is 0. The Bertz CT molecular complexity index is 409. The van der Waals surface area contributed by atoms with Gasteiger partial charge in [0.1, 0.15) is 0 Å². The molecule has 0 heterocycles. The number of rotatable bonds is 4. The third kappa shape index (κ3) is 2.56. The fourth-order valence-corrected chi connectivity index (χ4v) is 0.813. The number of carbonyl (C=O) groups is 1. The quantitative estimate of drug-likeness (QED) is 0.560. The SMILES string of the molecule is O=C(N(F)F)C(F)(F)C(F)(F)C(F)(F)C(F)(F)C(F)(F)F. The van der Waals surface area contributed by atoms with Gasteiger partial charge in [-0.25, -0.2) is 0 Å². The topological polar surface area (TPSA) is 20.3 Å². The average molecular weight is 349 g/mol. The summed E-state index contributed by atoms with van der Waals surface area (Å²) in [6.07, 6.45) is -7.43. The molecule has 0 atom stereocenters. The number of amides is 1. The molecule has 0 aliphatic carbocycles. The highest BCUT2D eigenvalue weighted by Crippen LogP contribution is 2.57. The molecular formula is C6F13NO. The van der Waals surface area contributed by atoms with Crippen molar-refractivity contribution in [1.82, 2.24) is 5.34 Å². The summed E-state index contributed by atoms with van der Waals surface area (Å²) in [4.78, 5) is 9.92. The zero-order chi connectivity index (χ0) is 17.7. The molecule has 0 aromatic carbocycles. The molecule has 0 aromatic heterocycles. The van der Waals surface area contributed by atoms with Gasteiger partial charge < -0.3 is 0 Å². The highest BCUT2D eigenvalue weighted by molar-refractivity contribution is 5.83. The third-order valence-corrected chi connectivity index (χ3v) is 1.96. The maximum absolute atomic E-state index is 12.6. The number of nitrogens with zero attached hydrogens (tertiary/aromatic N) is 1. The Morgan fingerprint density at radius 2 is 0.952 bits per heavy atom. The predicted molar refractivity (Wildman–Crippen MR) is 34.9 cm³/mol. The van der Waals surface area contributed by atoms with E-state index in [2.05, 4.69) is 0 Å². The Balaban J connectivity index is 6.07. The molecule has 0 aliphatic rings. The summed E-state index contributed by atoms with van der Waals surface area (Å²) in [5, 5.41) is -3.37. The van der Waals surface area contributed by atoms with Crippen molar-refractivity contribution < 1.29 is 62.1 Å². The van der Waals surface area contributed by atoms with Crippen LogP contribution in [0.25, 0.3) is 0 Å². The van der Waals surface area contributed by atoms with Gasteiger partial charge >= 0.3 is 35.8 Å². The number of alkyl halides is 11. The van der Waals surface area contributed by atoms with E-state index in [9.17, 15) is 62.1 Å². The van der Waals surface area contributed by atoms with E-state index >= 15 is 0 Å². The summed E-state index contributed by atoms with van der Waals surface area (Å²) >= 11 is 0. The van der Waals surface area contributed by atoms with Crippen LogP contribution >= 0.6 is 0 Å². The van der Waals surface area contributed by atoms with Crippen LogP contribution in [0.15, 0.2) is 0 Å². The third-order valence-electron chi connectivity index (χ3n) is 1.96. The van der Waals surface area contributed by atoms with Crippen LogP contribution in [0.3, 0.4) is 0 Å². The van der Waals surface area contributed by atoms with Crippen LogP contribution in [0.1, 0.15) is 0 Å². The lowest BCUT2D eigenvalue weighted by Gasteiger charge is -2.36. The molecule has 0 radical (unpaired) electrons. The van der Waals surface area contributed by atoms with Crippen molar-refractivity contribution in [2.75, 3.05) is 0 Å². The van der Waals surface area contributed by atoms with Gasteiger partial charge in [-0.2, -0.15) is 48.3 Å². The van der Waals surface area contributed by atoms with Crippen LogP contribution in [0.2, 0.25) is 0 Å². The molecule has 0 N–H and O–H groups in total. The minimum Gasteiger partial charge on any atom is -0.262 e. The Kier molecular flexibility index (Phi) is 4.46. The second-order valence-corrected chi connectivity index (χ2v) is 3.33. The second kappa shape index (κ2) is 4.79. The standard InChI is InChI=1S/C6F13NO/c7-2(8,1(21)20(18)19)3(9,10)4(11,12)5(13,14)6(15,16)17. The Morgan fingerprint density at radius 3 is 1.19 bits per heavy atom. The van der Waals surface area contributed by atoms with Crippen LogP contribution in [0.4, 0.5) is 57.3 Å². The van der Waals surface area contributed by atoms with E-state index in [1.807, 2.05) is 0 Å². The molecule has 0 aromatic rings. The molecule has 0 aliphatic heterocycles. The Morgan fingerprint density at radius 1 is 0.619 bits per heavy atom. The smallest absolute Gasteiger partial charge is 0.262 e. The van der Waals surface area contributed by atoms with Crippen molar-refractivity contribution in [3.8, 4) is 0 Å². The number of carbonyl (C=O) groups excluding carboxylic acids is 1. The molecule has 0 unspecified atom stereocenters. The minimum absolute atomic E-state index is 3.37. The summed E-state index contributed by atoms with van der Waals surface area (Å²) < 4.78 is 157. The zero-order valence-corrected chi connectivity index (χ0v) is 8.77. The van der Waals surface area contributed by atoms with Crippen molar-refractivity contribution in [1.29, 1.82) is 0 Å². The summed E-state index contributed by atoms with van der Waals surface area (Å²) in [6.45, 7) is 0. The molecule has 0 rings (SSSR count). The molecule has 0 spiro atoms. The van der Waals surface area contributed by atoms with E-state index in [1.165, 1.54) is 0 Å². The van der Waals surface area contributed by atoms with Crippen molar-refractivity contribution in [2.45, 2.75) is 29.9 Å². The van der Waals surface area contributed by atoms with E-state index in [1.54, 1.807) is 0 Å². The molecular weight excluding hydrogens is 349 g/mol. The van der Waals surface area contributed by atoms with E-state index in [4.69, 9.17) is 0 Å².